The first-order chi connectivity index (χ1) is 9.25. The molecule has 1 saturated heterocycles. The number of aliphatic hydroxyl groups is 1. The highest BCUT2D eigenvalue weighted by Crippen LogP contribution is 2.20. The van der Waals surface area contributed by atoms with E-state index in [1.54, 1.807) is 11.1 Å². The summed E-state index contributed by atoms with van der Waals surface area (Å²) in [6.45, 7) is 1.14. The second-order valence-electron chi connectivity index (χ2n) is 4.92. The smallest absolute Gasteiger partial charge is 0.254 e. The van der Waals surface area contributed by atoms with E-state index in [-0.39, 0.29) is 5.91 Å². The summed E-state index contributed by atoms with van der Waals surface area (Å²) in [5, 5.41) is 10.6. The van der Waals surface area contributed by atoms with E-state index < -0.39 is 6.10 Å². The van der Waals surface area contributed by atoms with Crippen LogP contribution in [0.15, 0.2) is 36.5 Å². The molecule has 0 unspecified atom stereocenters. The minimum atomic E-state index is -0.397. The second kappa shape index (κ2) is 4.97. The van der Waals surface area contributed by atoms with Crippen molar-refractivity contribution in [2.24, 2.45) is 0 Å². The molecular weight excluding hydrogens is 240 g/mol. The highest BCUT2D eigenvalue weighted by molar-refractivity contribution is 6.06. The molecule has 4 nitrogen and oxygen atoms in total. The van der Waals surface area contributed by atoms with Crippen LogP contribution >= 0.6 is 0 Å². The number of amides is 1. The lowest BCUT2D eigenvalue weighted by Gasteiger charge is -2.30. The molecule has 2 aromatic rings. The molecule has 0 bridgehead atoms. The molecule has 0 saturated carbocycles. The maximum Gasteiger partial charge on any atom is 0.254 e. The molecule has 1 aliphatic rings. The fourth-order valence-corrected chi connectivity index (χ4v) is 2.60. The van der Waals surface area contributed by atoms with Gasteiger partial charge in [-0.3, -0.25) is 9.78 Å². The second-order valence-corrected chi connectivity index (χ2v) is 4.92. The highest BCUT2D eigenvalue weighted by atomic mass is 16.3. The topological polar surface area (TPSA) is 53.4 Å². The van der Waals surface area contributed by atoms with Crippen LogP contribution in [0.4, 0.5) is 0 Å². The molecule has 19 heavy (non-hydrogen) atoms. The Balaban J connectivity index is 1.97. The van der Waals surface area contributed by atoms with Gasteiger partial charge in [0.15, 0.2) is 0 Å². The lowest BCUT2D eigenvalue weighted by atomic mass is 10.0. The molecule has 0 aliphatic carbocycles. The molecule has 1 aliphatic heterocycles. The Kier molecular flexibility index (Phi) is 3.17. The van der Waals surface area contributed by atoms with Gasteiger partial charge >= 0.3 is 0 Å². The Morgan fingerprint density at radius 2 is 2.21 bits per heavy atom. The third-order valence-electron chi connectivity index (χ3n) is 3.56. The summed E-state index contributed by atoms with van der Waals surface area (Å²) in [5.41, 5.74) is 1.49. The van der Waals surface area contributed by atoms with Gasteiger partial charge in [0.1, 0.15) is 0 Å². The Morgan fingerprint density at radius 1 is 1.32 bits per heavy atom. The number of carbonyl (C=O) groups excluding carboxylic acids is 1. The number of fused-ring (bicyclic) bond motifs is 1. The summed E-state index contributed by atoms with van der Waals surface area (Å²) in [7, 11) is 0. The van der Waals surface area contributed by atoms with E-state index in [1.807, 2.05) is 30.3 Å². The van der Waals surface area contributed by atoms with Crippen molar-refractivity contribution in [3.63, 3.8) is 0 Å². The van der Waals surface area contributed by atoms with Crippen LogP contribution in [-0.4, -0.2) is 40.1 Å². The van der Waals surface area contributed by atoms with E-state index in [9.17, 15) is 9.90 Å². The fourth-order valence-electron chi connectivity index (χ4n) is 2.60. The van der Waals surface area contributed by atoms with Crippen molar-refractivity contribution < 1.29 is 9.90 Å². The summed E-state index contributed by atoms with van der Waals surface area (Å²) < 4.78 is 0. The van der Waals surface area contributed by atoms with Crippen LogP contribution in [0.5, 0.6) is 0 Å². The van der Waals surface area contributed by atoms with Gasteiger partial charge in [-0.2, -0.15) is 0 Å². The largest absolute Gasteiger partial charge is 0.391 e. The third-order valence-corrected chi connectivity index (χ3v) is 3.56. The van der Waals surface area contributed by atoms with Crippen molar-refractivity contribution in [2.75, 3.05) is 13.1 Å². The average molecular weight is 256 g/mol. The van der Waals surface area contributed by atoms with Gasteiger partial charge in [0, 0.05) is 30.2 Å². The molecule has 1 N–H and O–H groups in total. The monoisotopic (exact) mass is 256 g/mol. The number of piperidine rings is 1. The fraction of sp³-hybridized carbons (Fsp3) is 0.333. The number of aliphatic hydroxyl groups excluding tert-OH is 1. The first-order valence-corrected chi connectivity index (χ1v) is 6.57. The van der Waals surface area contributed by atoms with Gasteiger partial charge in [0.25, 0.3) is 5.91 Å². The number of hydrogen-bond donors (Lipinski definition) is 1. The maximum atomic E-state index is 12.5. The van der Waals surface area contributed by atoms with Gasteiger partial charge in [-0.15, -0.1) is 0 Å². The van der Waals surface area contributed by atoms with Gasteiger partial charge in [0.2, 0.25) is 0 Å². The van der Waals surface area contributed by atoms with Crippen LogP contribution in [0.25, 0.3) is 10.9 Å². The number of hydrogen-bond acceptors (Lipinski definition) is 3. The summed E-state index contributed by atoms with van der Waals surface area (Å²) in [6.07, 6.45) is 2.96. The Bertz CT molecular complexity index is 607. The summed E-state index contributed by atoms with van der Waals surface area (Å²) >= 11 is 0. The van der Waals surface area contributed by atoms with Gasteiger partial charge in [-0.1, -0.05) is 12.1 Å². The molecule has 1 aromatic carbocycles. The summed E-state index contributed by atoms with van der Waals surface area (Å²) in [6, 6.07) is 9.33. The number of nitrogens with zero attached hydrogens (tertiary/aromatic N) is 2. The zero-order chi connectivity index (χ0) is 13.2. The molecule has 0 radical (unpaired) electrons. The van der Waals surface area contributed by atoms with Gasteiger partial charge in [0.05, 0.1) is 11.6 Å². The lowest BCUT2D eigenvalue weighted by molar-refractivity contribution is 0.0475. The van der Waals surface area contributed by atoms with Crippen molar-refractivity contribution >= 4 is 16.8 Å². The number of β-amino-alcohol motifs (C(OH)–C–C–N with tert-alkyl or cyclic N) is 1. The minimum absolute atomic E-state index is 0.0163. The number of carbonyl (C=O) groups is 1. The van der Waals surface area contributed by atoms with Crippen molar-refractivity contribution in [1.82, 2.24) is 9.88 Å². The van der Waals surface area contributed by atoms with Gasteiger partial charge < -0.3 is 10.0 Å². The zero-order valence-corrected chi connectivity index (χ0v) is 10.6. The molecule has 1 fully saturated rings. The summed E-state index contributed by atoms with van der Waals surface area (Å²) in [5.74, 6) is -0.0163. The average Bonchev–Trinajstić information content (AvgIpc) is 2.46. The molecule has 4 heteroatoms. The SMILES string of the molecule is O=C(c1cccc2ncccc12)N1CCC[C@H](O)C1. The van der Waals surface area contributed by atoms with Crippen molar-refractivity contribution in [3.8, 4) is 0 Å². The summed E-state index contributed by atoms with van der Waals surface area (Å²) in [4.78, 5) is 18.5. The first kappa shape index (κ1) is 12.1. The minimum Gasteiger partial charge on any atom is -0.391 e. The van der Waals surface area contributed by atoms with Gasteiger partial charge in [-0.25, -0.2) is 0 Å². The van der Waals surface area contributed by atoms with Gasteiger partial charge in [-0.05, 0) is 31.0 Å². The quantitative estimate of drug-likeness (QED) is 0.847. The van der Waals surface area contributed by atoms with E-state index in [4.69, 9.17) is 0 Å². The Labute approximate surface area is 111 Å². The maximum absolute atomic E-state index is 12.5. The highest BCUT2D eigenvalue weighted by Gasteiger charge is 2.24. The van der Waals surface area contributed by atoms with Crippen molar-refractivity contribution in [2.45, 2.75) is 18.9 Å². The van der Waals surface area contributed by atoms with E-state index in [0.717, 1.165) is 23.7 Å². The van der Waals surface area contributed by atoms with Crippen LogP contribution in [-0.2, 0) is 0 Å². The van der Waals surface area contributed by atoms with Crippen LogP contribution in [0.2, 0.25) is 0 Å². The van der Waals surface area contributed by atoms with Crippen LogP contribution in [0.1, 0.15) is 23.2 Å². The predicted octanol–water partition coefficient (Wildman–Crippen LogP) is 1.83. The van der Waals surface area contributed by atoms with E-state index in [0.29, 0.717) is 18.7 Å². The molecule has 1 atom stereocenters. The number of pyridine rings is 1. The number of aromatic nitrogens is 1. The molecule has 0 spiro atoms. The molecular formula is C15H16N2O2. The number of benzene rings is 1. The Hall–Kier alpha value is -1.94. The van der Waals surface area contributed by atoms with Crippen LogP contribution in [0.3, 0.4) is 0 Å². The molecule has 1 aromatic heterocycles. The normalized spacial score (nSPS) is 19.6. The zero-order valence-electron chi connectivity index (χ0n) is 10.6. The lowest BCUT2D eigenvalue weighted by Crippen LogP contribution is -2.42. The van der Waals surface area contributed by atoms with E-state index >= 15 is 0 Å². The molecule has 3 rings (SSSR count). The van der Waals surface area contributed by atoms with Crippen LogP contribution in [0, 0.1) is 0 Å². The molecule has 98 valence electrons. The number of rotatable bonds is 1. The Morgan fingerprint density at radius 3 is 3.05 bits per heavy atom. The van der Waals surface area contributed by atoms with E-state index in [1.165, 1.54) is 0 Å². The standard InChI is InChI=1S/C15H16N2O2/c18-11-4-3-9-17(10-11)15(19)13-5-1-7-14-12(13)6-2-8-16-14/h1-2,5-8,11,18H,3-4,9-10H2/t11-/m0/s1. The molecule has 2 heterocycles. The molecule has 1 amide bonds. The predicted molar refractivity (Wildman–Crippen MR) is 72.9 cm³/mol. The van der Waals surface area contributed by atoms with Crippen LogP contribution < -0.4 is 0 Å². The van der Waals surface area contributed by atoms with Crippen molar-refractivity contribution in [1.29, 1.82) is 0 Å². The van der Waals surface area contributed by atoms with E-state index in [2.05, 4.69) is 4.98 Å². The third kappa shape index (κ3) is 2.31. The van der Waals surface area contributed by atoms with Crippen molar-refractivity contribution in [3.05, 3.63) is 42.1 Å². The first-order valence-electron chi connectivity index (χ1n) is 6.57. The number of likely N-dealkylation sites (tertiary alicyclic amines) is 1.